The Bertz CT molecular complexity index is 813. The average Bonchev–Trinajstić information content (AvgIpc) is 3.15. The number of halogens is 1. The molecule has 0 radical (unpaired) electrons. The number of alkyl halides is 1. The number of fused-ring (bicyclic) bond motifs is 1. The third-order valence-electron chi connectivity index (χ3n) is 3.43. The van der Waals surface area contributed by atoms with Crippen molar-refractivity contribution >= 4 is 58.5 Å². The van der Waals surface area contributed by atoms with Crippen molar-refractivity contribution in [3.05, 3.63) is 18.2 Å². The Morgan fingerprint density at radius 3 is 2.77 bits per heavy atom. The quantitative estimate of drug-likeness (QED) is 0.794. The largest absolute Gasteiger partial charge is 0.301 e. The first kappa shape index (κ1) is 15.9. The molecule has 0 atom stereocenters. The zero-order valence-corrected chi connectivity index (χ0v) is 14.8. The topological polar surface area (TPSA) is 79.4 Å². The number of rotatable bonds is 4. The number of thiazole rings is 1. The van der Waals surface area contributed by atoms with Crippen molar-refractivity contribution in [2.45, 2.75) is 17.7 Å². The van der Waals surface area contributed by atoms with Gasteiger partial charge in [-0.1, -0.05) is 27.3 Å². The molecule has 22 heavy (non-hydrogen) atoms. The van der Waals surface area contributed by atoms with Gasteiger partial charge in [-0.05, 0) is 31.0 Å². The first-order valence-electron chi connectivity index (χ1n) is 6.77. The van der Waals surface area contributed by atoms with Crippen LogP contribution in [0.15, 0.2) is 23.1 Å². The van der Waals surface area contributed by atoms with E-state index in [0.29, 0.717) is 23.7 Å². The lowest BCUT2D eigenvalue weighted by molar-refractivity contribution is -0.113. The number of benzene rings is 1. The van der Waals surface area contributed by atoms with Gasteiger partial charge in [0.2, 0.25) is 15.9 Å². The average molecular weight is 404 g/mol. The highest BCUT2D eigenvalue weighted by molar-refractivity contribution is 9.09. The van der Waals surface area contributed by atoms with Crippen LogP contribution in [0.4, 0.5) is 5.13 Å². The molecule has 1 saturated heterocycles. The maximum atomic E-state index is 12.5. The summed E-state index contributed by atoms with van der Waals surface area (Å²) in [5, 5.41) is 3.32. The standard InChI is InChI=1S/C13H14BrN3O3S2/c14-8-12(18)16-13-15-10-4-3-9(7-11(10)21-13)22(19,20)17-5-1-2-6-17/h3-4,7H,1-2,5-6,8H2,(H,15,16,18). The Morgan fingerprint density at radius 1 is 1.36 bits per heavy atom. The maximum absolute atomic E-state index is 12.5. The summed E-state index contributed by atoms with van der Waals surface area (Å²) in [7, 11) is -3.43. The molecular weight excluding hydrogens is 390 g/mol. The molecule has 2 heterocycles. The molecule has 0 aliphatic carbocycles. The lowest BCUT2D eigenvalue weighted by Gasteiger charge is -2.15. The first-order valence-corrected chi connectivity index (χ1v) is 10.1. The minimum Gasteiger partial charge on any atom is -0.301 e. The number of aromatic nitrogens is 1. The lowest BCUT2D eigenvalue weighted by Crippen LogP contribution is -2.27. The minimum absolute atomic E-state index is 0.191. The molecule has 0 bridgehead atoms. The Kier molecular flexibility index (Phi) is 4.49. The SMILES string of the molecule is O=C(CBr)Nc1nc2ccc(S(=O)(=O)N3CCCC3)cc2s1. The normalized spacial score (nSPS) is 16.2. The predicted molar refractivity (Wildman–Crippen MR) is 90.0 cm³/mol. The van der Waals surface area contributed by atoms with Gasteiger partial charge in [-0.25, -0.2) is 13.4 Å². The molecule has 1 N–H and O–H groups in total. The monoisotopic (exact) mass is 403 g/mol. The van der Waals surface area contributed by atoms with E-state index in [0.717, 1.165) is 17.5 Å². The summed E-state index contributed by atoms with van der Waals surface area (Å²) >= 11 is 4.34. The third-order valence-corrected chi connectivity index (χ3v) is 6.77. The van der Waals surface area contributed by atoms with Gasteiger partial charge >= 0.3 is 0 Å². The summed E-state index contributed by atoms with van der Waals surface area (Å²) in [6, 6.07) is 4.88. The molecule has 1 amide bonds. The second-order valence-corrected chi connectivity index (χ2v) is 8.47. The van der Waals surface area contributed by atoms with Crippen LogP contribution < -0.4 is 5.32 Å². The van der Waals surface area contributed by atoms with Crippen LogP contribution in [0.1, 0.15) is 12.8 Å². The summed E-state index contributed by atoms with van der Waals surface area (Å²) in [6.07, 6.45) is 1.81. The van der Waals surface area contributed by atoms with Crippen LogP contribution in [-0.4, -0.2) is 42.0 Å². The molecule has 0 spiro atoms. The number of anilines is 1. The zero-order valence-electron chi connectivity index (χ0n) is 11.6. The van der Waals surface area contributed by atoms with Gasteiger partial charge in [0.15, 0.2) is 5.13 Å². The molecule has 3 rings (SSSR count). The Hall–Kier alpha value is -1.03. The minimum atomic E-state index is -3.43. The molecule has 1 aliphatic heterocycles. The van der Waals surface area contributed by atoms with Crippen LogP contribution in [0.5, 0.6) is 0 Å². The van der Waals surface area contributed by atoms with Crippen molar-refractivity contribution in [1.29, 1.82) is 0 Å². The van der Waals surface area contributed by atoms with Gasteiger partial charge in [-0.2, -0.15) is 4.31 Å². The van der Waals surface area contributed by atoms with E-state index < -0.39 is 10.0 Å². The number of nitrogens with one attached hydrogen (secondary N) is 1. The van der Waals surface area contributed by atoms with E-state index in [1.165, 1.54) is 15.6 Å². The predicted octanol–water partition coefficient (Wildman–Crippen LogP) is 2.41. The fourth-order valence-electron chi connectivity index (χ4n) is 2.35. The van der Waals surface area contributed by atoms with Crippen molar-refractivity contribution in [2.75, 3.05) is 23.7 Å². The number of hydrogen-bond acceptors (Lipinski definition) is 5. The van der Waals surface area contributed by atoms with Gasteiger partial charge in [-0.3, -0.25) is 4.79 Å². The summed E-state index contributed by atoms with van der Waals surface area (Å²) in [5.74, 6) is -0.191. The van der Waals surface area contributed by atoms with Crippen LogP contribution in [0.2, 0.25) is 0 Å². The van der Waals surface area contributed by atoms with Crippen LogP contribution in [0.25, 0.3) is 10.2 Å². The number of nitrogens with zero attached hydrogens (tertiary/aromatic N) is 2. The highest BCUT2D eigenvalue weighted by Gasteiger charge is 2.27. The summed E-state index contributed by atoms with van der Waals surface area (Å²) in [5.41, 5.74) is 0.676. The van der Waals surface area contributed by atoms with E-state index in [1.807, 2.05) is 0 Å². The molecule has 9 heteroatoms. The fraction of sp³-hybridized carbons (Fsp3) is 0.385. The van der Waals surface area contributed by atoms with Gasteiger partial charge in [0.25, 0.3) is 0 Å². The highest BCUT2D eigenvalue weighted by atomic mass is 79.9. The van der Waals surface area contributed by atoms with E-state index in [2.05, 4.69) is 26.2 Å². The van der Waals surface area contributed by atoms with Crippen LogP contribution in [0.3, 0.4) is 0 Å². The van der Waals surface area contributed by atoms with E-state index in [4.69, 9.17) is 0 Å². The number of sulfonamides is 1. The smallest absolute Gasteiger partial charge is 0.243 e. The van der Waals surface area contributed by atoms with Crippen molar-refractivity contribution < 1.29 is 13.2 Å². The molecule has 0 unspecified atom stereocenters. The Morgan fingerprint density at radius 2 is 2.09 bits per heavy atom. The zero-order chi connectivity index (χ0) is 15.7. The maximum Gasteiger partial charge on any atom is 0.243 e. The van der Waals surface area contributed by atoms with Gasteiger partial charge in [0.1, 0.15) is 0 Å². The van der Waals surface area contributed by atoms with Crippen molar-refractivity contribution in [1.82, 2.24) is 9.29 Å². The summed E-state index contributed by atoms with van der Waals surface area (Å²) in [6.45, 7) is 1.16. The van der Waals surface area contributed by atoms with Crippen molar-refractivity contribution in [2.24, 2.45) is 0 Å². The van der Waals surface area contributed by atoms with Gasteiger partial charge in [-0.15, -0.1) is 0 Å². The number of amides is 1. The van der Waals surface area contributed by atoms with E-state index >= 15 is 0 Å². The first-order chi connectivity index (χ1) is 10.5. The molecule has 1 aromatic heterocycles. The molecule has 1 aromatic carbocycles. The van der Waals surface area contributed by atoms with Crippen LogP contribution in [-0.2, 0) is 14.8 Å². The van der Waals surface area contributed by atoms with Crippen molar-refractivity contribution in [3.63, 3.8) is 0 Å². The van der Waals surface area contributed by atoms with Gasteiger partial charge in [0, 0.05) is 13.1 Å². The summed E-state index contributed by atoms with van der Waals surface area (Å²) in [4.78, 5) is 15.9. The fourth-order valence-corrected chi connectivity index (χ4v) is 5.03. The second-order valence-electron chi connectivity index (χ2n) is 4.94. The Balaban J connectivity index is 1.94. The van der Waals surface area contributed by atoms with Gasteiger partial charge in [0.05, 0.1) is 20.4 Å². The molecule has 0 saturated carbocycles. The third kappa shape index (κ3) is 3.03. The van der Waals surface area contributed by atoms with E-state index in [-0.39, 0.29) is 16.1 Å². The van der Waals surface area contributed by atoms with Gasteiger partial charge < -0.3 is 5.32 Å². The highest BCUT2D eigenvalue weighted by Crippen LogP contribution is 2.30. The van der Waals surface area contributed by atoms with E-state index in [9.17, 15) is 13.2 Å². The molecule has 6 nitrogen and oxygen atoms in total. The second kappa shape index (κ2) is 6.23. The van der Waals surface area contributed by atoms with Crippen LogP contribution in [0, 0.1) is 0 Å². The summed E-state index contributed by atoms with van der Waals surface area (Å²) < 4.78 is 27.3. The van der Waals surface area contributed by atoms with Crippen molar-refractivity contribution in [3.8, 4) is 0 Å². The molecule has 118 valence electrons. The Labute approximate surface area is 140 Å². The molecule has 1 aliphatic rings. The molecule has 1 fully saturated rings. The van der Waals surface area contributed by atoms with E-state index in [1.54, 1.807) is 18.2 Å². The number of carbonyl (C=O) groups is 1. The number of hydrogen-bond donors (Lipinski definition) is 1. The lowest BCUT2D eigenvalue weighted by atomic mass is 10.3. The molecule has 2 aromatic rings. The number of carbonyl (C=O) groups excluding carboxylic acids is 1. The molecular formula is C13H14BrN3O3S2. The van der Waals surface area contributed by atoms with Crippen LogP contribution >= 0.6 is 27.3 Å².